The van der Waals surface area contributed by atoms with Crippen molar-refractivity contribution in [1.82, 2.24) is 15.0 Å². The van der Waals surface area contributed by atoms with Gasteiger partial charge < -0.3 is 21.7 Å². The average Bonchev–Trinajstić information content (AvgIpc) is 3.11. The second kappa shape index (κ2) is 18.0. The van der Waals surface area contributed by atoms with Gasteiger partial charge in [0.15, 0.2) is 9.84 Å². The van der Waals surface area contributed by atoms with Crippen molar-refractivity contribution in [2.24, 2.45) is 16.0 Å². The Morgan fingerprint density at radius 2 is 1.44 bits per heavy atom. The van der Waals surface area contributed by atoms with Crippen molar-refractivity contribution in [3.63, 3.8) is 0 Å². The molecule has 0 unspecified atom stereocenters. The number of anilines is 5. The summed E-state index contributed by atoms with van der Waals surface area (Å²) < 4.78 is 133. The van der Waals surface area contributed by atoms with Gasteiger partial charge in [0.2, 0.25) is 17.2 Å². The quantitative estimate of drug-likeness (QED) is 0.0208. The number of urea groups is 1. The molecule has 31 heteroatoms. The summed E-state index contributed by atoms with van der Waals surface area (Å²) in [5.74, 6) is -1.18. The van der Waals surface area contributed by atoms with Gasteiger partial charge in [-0.1, -0.05) is 11.1 Å². The fourth-order valence-corrected chi connectivity index (χ4v) is 8.40. The first kappa shape index (κ1) is 44.9. The number of azo groups is 1. The number of hydrogen-bond acceptors (Lipinski definition) is 21. The van der Waals surface area contributed by atoms with E-state index in [9.17, 15) is 47.6 Å². The zero-order chi connectivity index (χ0) is 43.3. The van der Waals surface area contributed by atoms with E-state index in [-0.39, 0.29) is 60.5 Å². The topological polar surface area (TPSA) is 388 Å². The zero-order valence-corrected chi connectivity index (χ0v) is 33.5. The van der Waals surface area contributed by atoms with Crippen LogP contribution in [0.2, 0.25) is 5.28 Å². The number of halogens is 1. The molecule has 5 rings (SSSR count). The Labute approximate surface area is 341 Å². The lowest BCUT2D eigenvalue weighted by Crippen LogP contribution is -2.19. The first-order valence-electron chi connectivity index (χ1n) is 15.2. The Morgan fingerprint density at radius 1 is 0.797 bits per heavy atom. The lowest BCUT2D eigenvalue weighted by Gasteiger charge is -2.12. The highest BCUT2D eigenvalue weighted by Crippen LogP contribution is 2.38. The smallest absolute Gasteiger partial charge is 0.351 e. The molecule has 314 valence electrons. The second-order valence-electron chi connectivity index (χ2n) is 11.2. The number of hydrogen-bond donors (Lipinski definition) is 8. The summed E-state index contributed by atoms with van der Waals surface area (Å²) >= 11 is 6.39. The standard InChI is InChI=1S/C28H24ClN9O16S5/c29-25-34-27(31-15-2-1-3-18(10-15)56(41,42)7-6-52-59(49,50)51)36-28(35-25)32-16-4-5-20(21(11-16)33-26(30)39)37-38-22-13-19-14(9-24(22)58(46,47)48)8-17(55-54-53-40)12-23(19)57(43,44)45/h1-5,8-13,40H,6-7H2,(H3,30,33,39)(H,43,44,45)(H,46,47,48)(H,49,50,51)(H2,31,32,34,35,36). The maximum Gasteiger partial charge on any atom is 0.397 e. The highest BCUT2D eigenvalue weighted by molar-refractivity contribution is 7.94. The molecular weight excluding hydrogens is 914 g/mol. The van der Waals surface area contributed by atoms with Crippen molar-refractivity contribution in [3.8, 4) is 0 Å². The molecule has 1 aromatic heterocycles. The molecule has 2 amide bonds. The molecule has 4 aromatic carbocycles. The van der Waals surface area contributed by atoms with Gasteiger partial charge in [-0.3, -0.25) is 13.7 Å². The van der Waals surface area contributed by atoms with Crippen LogP contribution in [0.15, 0.2) is 96.5 Å². The minimum absolute atomic E-state index is 0.0950. The van der Waals surface area contributed by atoms with Gasteiger partial charge in [-0.2, -0.15) is 40.2 Å². The number of nitrogens with zero attached hydrogens (tertiary/aromatic N) is 5. The van der Waals surface area contributed by atoms with Crippen molar-refractivity contribution < 1.29 is 70.9 Å². The van der Waals surface area contributed by atoms with Crippen molar-refractivity contribution in [2.45, 2.75) is 19.6 Å². The van der Waals surface area contributed by atoms with Crippen LogP contribution in [0.1, 0.15) is 0 Å². The van der Waals surface area contributed by atoms with E-state index in [0.29, 0.717) is 12.0 Å². The normalized spacial score (nSPS) is 12.5. The predicted octanol–water partition coefficient (Wildman–Crippen LogP) is 4.59. The van der Waals surface area contributed by atoms with Crippen molar-refractivity contribution in [2.75, 3.05) is 28.3 Å². The van der Waals surface area contributed by atoms with Gasteiger partial charge in [0.1, 0.15) is 21.2 Å². The largest absolute Gasteiger partial charge is 0.397 e. The fraction of sp³-hybridized carbons (Fsp3) is 0.0714. The van der Waals surface area contributed by atoms with E-state index in [0.717, 1.165) is 18.2 Å². The van der Waals surface area contributed by atoms with Gasteiger partial charge >= 0.3 is 16.4 Å². The van der Waals surface area contributed by atoms with Crippen molar-refractivity contribution in [3.05, 3.63) is 72.0 Å². The Hall–Kier alpha value is -5.22. The molecule has 0 aliphatic heterocycles. The highest BCUT2D eigenvalue weighted by atomic mass is 35.5. The number of carbonyl (C=O) groups is 1. The molecule has 1 heterocycles. The average molecular weight is 938 g/mol. The summed E-state index contributed by atoms with van der Waals surface area (Å²) in [6, 6.07) is 11.7. The Kier molecular flexibility index (Phi) is 13.7. The van der Waals surface area contributed by atoms with Crippen LogP contribution in [0.3, 0.4) is 0 Å². The SMILES string of the molecule is NC(=O)Nc1cc(Nc2nc(Cl)nc(Nc3cccc(S(=O)(=O)CCOS(=O)(=O)O)c3)n2)ccc1N=Nc1cc2c(S(=O)(=O)O)cc(SOOO)cc2cc1S(=O)(=O)O. The molecule has 0 fully saturated rings. The summed E-state index contributed by atoms with van der Waals surface area (Å²) in [6.45, 7) is -0.848. The van der Waals surface area contributed by atoms with E-state index >= 15 is 0 Å². The number of carbonyl (C=O) groups excluding carboxylic acids is 1. The van der Waals surface area contributed by atoms with Crippen LogP contribution in [-0.4, -0.2) is 85.9 Å². The Balaban J connectivity index is 1.45. The minimum atomic E-state index is -5.08. The molecule has 59 heavy (non-hydrogen) atoms. The second-order valence-corrected chi connectivity index (χ2v) is 18.3. The van der Waals surface area contributed by atoms with E-state index < -0.39 is 74.3 Å². The van der Waals surface area contributed by atoms with Gasteiger partial charge in [0.25, 0.3) is 20.2 Å². The van der Waals surface area contributed by atoms with Gasteiger partial charge in [0, 0.05) is 21.7 Å². The van der Waals surface area contributed by atoms with E-state index in [4.69, 9.17) is 27.1 Å². The molecule has 9 N–H and O–H groups in total. The van der Waals surface area contributed by atoms with Crippen molar-refractivity contribution >= 4 is 121 Å². The number of amides is 2. The van der Waals surface area contributed by atoms with Crippen molar-refractivity contribution in [1.29, 1.82) is 0 Å². The monoisotopic (exact) mass is 937 g/mol. The van der Waals surface area contributed by atoms with Crippen LogP contribution in [0.5, 0.6) is 0 Å². The molecular formula is C28H24ClN9O16S5. The van der Waals surface area contributed by atoms with Gasteiger partial charge in [-0.25, -0.2) is 22.7 Å². The van der Waals surface area contributed by atoms with E-state index in [2.05, 4.69) is 54.7 Å². The number of benzene rings is 4. The Morgan fingerprint density at radius 3 is 2.05 bits per heavy atom. The highest BCUT2D eigenvalue weighted by Gasteiger charge is 2.23. The van der Waals surface area contributed by atoms with E-state index in [1.165, 1.54) is 48.5 Å². The molecule has 0 atom stereocenters. The first-order valence-corrected chi connectivity index (χ1v) is 22.3. The maximum absolute atomic E-state index is 12.7. The summed E-state index contributed by atoms with van der Waals surface area (Å²) in [5.41, 5.74) is 4.68. The van der Waals surface area contributed by atoms with Crippen LogP contribution in [0.4, 0.5) is 45.1 Å². The minimum Gasteiger partial charge on any atom is -0.351 e. The van der Waals surface area contributed by atoms with Gasteiger partial charge in [-0.05, 0) is 77.7 Å². The Bertz CT molecular complexity index is 2940. The van der Waals surface area contributed by atoms with E-state index in [1.807, 2.05) is 0 Å². The lowest BCUT2D eigenvalue weighted by atomic mass is 10.1. The third-order valence-corrected chi connectivity index (χ3v) is 11.7. The fourth-order valence-electron chi connectivity index (χ4n) is 4.82. The maximum atomic E-state index is 12.7. The van der Waals surface area contributed by atoms with E-state index in [1.54, 1.807) is 0 Å². The predicted molar refractivity (Wildman–Crippen MR) is 205 cm³/mol. The first-order chi connectivity index (χ1) is 27.5. The van der Waals surface area contributed by atoms with Crippen LogP contribution >= 0.6 is 23.6 Å². The van der Waals surface area contributed by atoms with Crippen LogP contribution < -0.4 is 21.7 Å². The molecule has 0 spiro atoms. The molecule has 25 nitrogen and oxygen atoms in total. The van der Waals surface area contributed by atoms with Gasteiger partial charge in [0.05, 0.1) is 35.0 Å². The molecule has 0 aliphatic rings. The number of nitrogens with one attached hydrogen (secondary N) is 3. The lowest BCUT2D eigenvalue weighted by molar-refractivity contribution is -0.432. The van der Waals surface area contributed by atoms with Crippen LogP contribution in [0, 0.1) is 0 Å². The number of fused-ring (bicyclic) bond motifs is 1. The number of aromatic nitrogens is 3. The third kappa shape index (κ3) is 12.4. The number of primary amides is 1. The third-order valence-electron chi connectivity index (χ3n) is 7.10. The summed E-state index contributed by atoms with van der Waals surface area (Å²) in [7, 11) is -19.0. The molecule has 0 radical (unpaired) electrons. The molecule has 0 saturated carbocycles. The summed E-state index contributed by atoms with van der Waals surface area (Å²) in [4.78, 5) is 22.0. The molecule has 0 saturated heterocycles. The molecule has 0 bridgehead atoms. The number of rotatable bonds is 17. The number of sulfone groups is 1. The summed E-state index contributed by atoms with van der Waals surface area (Å²) in [6.07, 6.45) is 0. The van der Waals surface area contributed by atoms with Crippen LogP contribution in [-0.2, 0) is 54.0 Å². The molecule has 0 aliphatic carbocycles. The van der Waals surface area contributed by atoms with Gasteiger partial charge in [-0.15, -0.1) is 14.6 Å². The zero-order valence-electron chi connectivity index (χ0n) is 28.7. The molecule has 5 aromatic rings. The summed E-state index contributed by atoms with van der Waals surface area (Å²) in [5, 5.41) is 26.8. The number of nitrogens with two attached hydrogens (primary N) is 1. The van der Waals surface area contributed by atoms with Crippen LogP contribution in [0.25, 0.3) is 10.8 Å².